The number of aromatic nitrogens is 1. The van der Waals surface area contributed by atoms with Gasteiger partial charge in [0.15, 0.2) is 0 Å². The second kappa shape index (κ2) is 8.89. The van der Waals surface area contributed by atoms with E-state index in [-0.39, 0.29) is 11.9 Å². The molecule has 2 aromatic carbocycles. The molecule has 198 valence electrons. The molecule has 0 saturated heterocycles. The summed E-state index contributed by atoms with van der Waals surface area (Å²) in [5.41, 5.74) is 3.28. The number of carboxylic acid groups (broad SMARTS) is 1. The van der Waals surface area contributed by atoms with Gasteiger partial charge in [-0.05, 0) is 91.9 Å². The zero-order chi connectivity index (χ0) is 26.0. The van der Waals surface area contributed by atoms with Crippen molar-refractivity contribution >= 4 is 22.9 Å². The number of hydrogen-bond acceptors (Lipinski definition) is 2. The number of H-pyrrole nitrogens is 1. The van der Waals surface area contributed by atoms with Crippen LogP contribution in [0.25, 0.3) is 10.9 Å². The molecule has 6 heteroatoms. The number of fused-ring (bicyclic) bond motifs is 2. The van der Waals surface area contributed by atoms with E-state index in [0.717, 1.165) is 66.0 Å². The number of nitrogens with zero attached hydrogens (tertiary/aromatic N) is 2. The Bertz CT molecular complexity index is 1370. The number of nitrogens with one attached hydrogen (secondary N) is 1. The predicted molar refractivity (Wildman–Crippen MR) is 147 cm³/mol. The summed E-state index contributed by atoms with van der Waals surface area (Å²) in [4.78, 5) is 34.9. The van der Waals surface area contributed by atoms with Gasteiger partial charge in [0.1, 0.15) is 5.54 Å². The van der Waals surface area contributed by atoms with E-state index in [4.69, 9.17) is 0 Å². The van der Waals surface area contributed by atoms with Crippen LogP contribution in [-0.4, -0.2) is 50.0 Å². The van der Waals surface area contributed by atoms with E-state index in [1.165, 1.54) is 12.0 Å². The molecule has 5 aliphatic rings. The van der Waals surface area contributed by atoms with E-state index in [9.17, 15) is 14.7 Å². The van der Waals surface area contributed by atoms with Crippen molar-refractivity contribution in [3.8, 4) is 0 Å². The minimum absolute atomic E-state index is 0.0616. The molecule has 0 spiro atoms. The van der Waals surface area contributed by atoms with Crippen LogP contribution in [0.2, 0.25) is 0 Å². The highest BCUT2D eigenvalue weighted by Gasteiger charge is 2.57. The molecule has 0 radical (unpaired) electrons. The summed E-state index contributed by atoms with van der Waals surface area (Å²) in [6.45, 7) is 3.07. The summed E-state index contributed by atoms with van der Waals surface area (Å²) in [5, 5.41) is 11.9. The van der Waals surface area contributed by atoms with Crippen LogP contribution in [0.5, 0.6) is 0 Å². The summed E-state index contributed by atoms with van der Waals surface area (Å²) < 4.78 is 0. The maximum absolute atomic E-state index is 14.7. The number of aromatic amines is 1. The fourth-order valence-electron chi connectivity index (χ4n) is 8.91. The molecule has 2 heterocycles. The molecular weight excluding hydrogens is 474 g/mol. The first-order valence-corrected chi connectivity index (χ1v) is 14.3. The molecule has 2 amide bonds. The van der Waals surface area contributed by atoms with Crippen molar-refractivity contribution < 1.29 is 14.7 Å². The average molecular weight is 512 g/mol. The molecule has 38 heavy (non-hydrogen) atoms. The van der Waals surface area contributed by atoms with Gasteiger partial charge in [-0.25, -0.2) is 4.79 Å². The molecule has 2 N–H and O–H groups in total. The van der Waals surface area contributed by atoms with Gasteiger partial charge in [0.05, 0.1) is 0 Å². The van der Waals surface area contributed by atoms with E-state index in [2.05, 4.69) is 29.2 Å². The molecular formula is C32H37N3O3. The highest BCUT2D eigenvalue weighted by Crippen LogP contribution is 2.56. The normalized spacial score (nSPS) is 29.2. The zero-order valence-corrected chi connectivity index (χ0v) is 22.1. The Morgan fingerprint density at radius 3 is 2.34 bits per heavy atom. The number of hydrogen-bond donors (Lipinski definition) is 2. The Morgan fingerprint density at radius 1 is 0.974 bits per heavy atom. The van der Waals surface area contributed by atoms with E-state index in [0.29, 0.717) is 31.3 Å². The lowest BCUT2D eigenvalue weighted by atomic mass is 9.53. The smallest absolute Gasteiger partial charge is 0.408 e. The van der Waals surface area contributed by atoms with Gasteiger partial charge < -0.3 is 15.0 Å². The van der Waals surface area contributed by atoms with Gasteiger partial charge in [-0.3, -0.25) is 9.69 Å². The predicted octanol–water partition coefficient (Wildman–Crippen LogP) is 5.86. The number of rotatable bonds is 5. The Hall–Kier alpha value is -3.28. The summed E-state index contributed by atoms with van der Waals surface area (Å²) >= 11 is 0. The van der Waals surface area contributed by atoms with E-state index in [1.54, 1.807) is 4.90 Å². The highest BCUT2D eigenvalue weighted by atomic mass is 16.4. The van der Waals surface area contributed by atoms with Crippen LogP contribution in [0, 0.1) is 23.7 Å². The molecule has 4 bridgehead atoms. The van der Waals surface area contributed by atoms with E-state index >= 15 is 0 Å². The Labute approximate surface area is 224 Å². The van der Waals surface area contributed by atoms with Crippen LogP contribution in [0.3, 0.4) is 0 Å². The van der Waals surface area contributed by atoms with E-state index < -0.39 is 11.6 Å². The third-order valence-corrected chi connectivity index (χ3v) is 10.3. The molecule has 0 unspecified atom stereocenters. The molecule has 1 aliphatic heterocycles. The Morgan fingerprint density at radius 2 is 1.63 bits per heavy atom. The molecule has 8 rings (SSSR count). The number of benzene rings is 2. The lowest BCUT2D eigenvalue weighted by molar-refractivity contribution is -0.151. The maximum atomic E-state index is 14.7. The van der Waals surface area contributed by atoms with Crippen molar-refractivity contribution in [3.05, 3.63) is 71.4 Å². The third-order valence-electron chi connectivity index (χ3n) is 10.3. The molecule has 3 aromatic rings. The van der Waals surface area contributed by atoms with Gasteiger partial charge >= 0.3 is 6.09 Å². The van der Waals surface area contributed by atoms with Crippen LogP contribution >= 0.6 is 0 Å². The summed E-state index contributed by atoms with van der Waals surface area (Å²) in [5.74, 6) is 2.13. The van der Waals surface area contributed by atoms with Crippen LogP contribution in [-0.2, 0) is 24.2 Å². The van der Waals surface area contributed by atoms with Crippen LogP contribution in [0.4, 0.5) is 4.79 Å². The van der Waals surface area contributed by atoms with Gasteiger partial charge in [0, 0.05) is 42.7 Å². The third kappa shape index (κ3) is 3.75. The van der Waals surface area contributed by atoms with E-state index in [1.807, 2.05) is 42.3 Å². The van der Waals surface area contributed by atoms with Gasteiger partial charge in [-0.2, -0.15) is 0 Å². The lowest BCUT2D eigenvalue weighted by Gasteiger charge is -2.59. The average Bonchev–Trinajstić information content (AvgIpc) is 3.31. The van der Waals surface area contributed by atoms with Crippen molar-refractivity contribution in [1.29, 1.82) is 0 Å². The maximum Gasteiger partial charge on any atom is 0.408 e. The SMILES string of the molecule is C[C@@](Cc1c[nH]c2ccccc12)(C(=O)N1CCc2ccccc2C1)N(C(=O)O)C1C2CC3CC(C2)CC1C3. The molecule has 6 nitrogen and oxygen atoms in total. The van der Waals surface area contributed by atoms with Gasteiger partial charge in [0.25, 0.3) is 0 Å². The highest BCUT2D eigenvalue weighted by molar-refractivity contribution is 5.92. The van der Waals surface area contributed by atoms with Crippen molar-refractivity contribution in [2.45, 2.75) is 70.0 Å². The molecule has 4 fully saturated rings. The minimum atomic E-state index is -1.19. The first-order chi connectivity index (χ1) is 18.4. The van der Waals surface area contributed by atoms with Crippen molar-refractivity contribution in [2.75, 3.05) is 6.54 Å². The number of carbonyl (C=O) groups excluding carboxylic acids is 1. The summed E-state index contributed by atoms with van der Waals surface area (Å²) in [6, 6.07) is 16.3. The van der Waals surface area contributed by atoms with Gasteiger partial charge in [0.2, 0.25) is 5.91 Å². The molecule has 1 atom stereocenters. The summed E-state index contributed by atoms with van der Waals surface area (Å²) in [6.07, 6.45) is 7.93. The zero-order valence-electron chi connectivity index (χ0n) is 22.1. The van der Waals surface area contributed by atoms with Crippen LogP contribution < -0.4 is 0 Å². The van der Waals surface area contributed by atoms with Crippen molar-refractivity contribution in [2.24, 2.45) is 23.7 Å². The van der Waals surface area contributed by atoms with Gasteiger partial charge in [-0.15, -0.1) is 0 Å². The first-order valence-electron chi connectivity index (χ1n) is 14.3. The minimum Gasteiger partial charge on any atom is -0.465 e. The second-order valence-electron chi connectivity index (χ2n) is 12.6. The second-order valence-corrected chi connectivity index (χ2v) is 12.6. The van der Waals surface area contributed by atoms with Crippen molar-refractivity contribution in [1.82, 2.24) is 14.8 Å². The largest absolute Gasteiger partial charge is 0.465 e. The number of para-hydroxylation sites is 1. The monoisotopic (exact) mass is 511 g/mol. The Kier molecular flexibility index (Phi) is 5.57. The fraction of sp³-hybridized carbons (Fsp3) is 0.500. The van der Waals surface area contributed by atoms with Crippen LogP contribution in [0.1, 0.15) is 55.7 Å². The van der Waals surface area contributed by atoms with Gasteiger partial charge in [-0.1, -0.05) is 42.5 Å². The molecule has 4 aliphatic carbocycles. The number of carbonyl (C=O) groups is 2. The van der Waals surface area contributed by atoms with Crippen LogP contribution in [0.15, 0.2) is 54.7 Å². The van der Waals surface area contributed by atoms with Crippen molar-refractivity contribution in [3.63, 3.8) is 0 Å². The molecule has 1 aromatic heterocycles. The topological polar surface area (TPSA) is 76.6 Å². The fourth-order valence-corrected chi connectivity index (χ4v) is 8.91. The Balaban J connectivity index is 1.30. The molecule has 4 saturated carbocycles. The summed E-state index contributed by atoms with van der Waals surface area (Å²) in [7, 11) is 0. The quantitative estimate of drug-likeness (QED) is 0.451. The standard InChI is InChI=1S/C32H37N3O3/c1-32(17-26-18-33-28-9-5-4-8-27(26)28,30(36)34-11-10-22-6-2-3-7-23(22)19-34)35(31(37)38)29-24-13-20-12-21(15-24)16-25(29)14-20/h2-9,18,20-21,24-25,29,33H,10-17,19H2,1H3,(H,37,38)/t20?,21?,24?,25?,29?,32-/m1/s1. The number of amides is 2. The first kappa shape index (κ1) is 23.8. The lowest BCUT2D eigenvalue weighted by Crippen LogP contribution is -2.68.